The average Bonchev–Trinajstić information content (AvgIpc) is 2.49. The summed E-state index contributed by atoms with van der Waals surface area (Å²) in [5.41, 5.74) is 7.84. The van der Waals surface area contributed by atoms with Crippen LogP contribution in [0.3, 0.4) is 0 Å². The first kappa shape index (κ1) is 14.9. The van der Waals surface area contributed by atoms with E-state index in [9.17, 15) is 4.79 Å². The molecule has 0 saturated heterocycles. The summed E-state index contributed by atoms with van der Waals surface area (Å²) in [4.78, 5) is 11.0. The third kappa shape index (κ3) is 3.99. The molecule has 2 aromatic rings. The van der Waals surface area contributed by atoms with Crippen molar-refractivity contribution < 1.29 is 9.53 Å². The first-order valence-corrected chi connectivity index (χ1v) is 6.99. The quantitative estimate of drug-likeness (QED) is 0.855. The predicted octanol–water partition coefficient (Wildman–Crippen LogP) is 3.36. The number of nitrogens with two attached hydrogens (primary N) is 1. The second-order valence-electron chi connectivity index (χ2n) is 4.81. The zero-order valence-electron chi connectivity index (χ0n) is 12.3. The molecule has 0 bridgehead atoms. The van der Waals surface area contributed by atoms with E-state index in [1.807, 2.05) is 43.3 Å². The van der Waals surface area contributed by atoms with Gasteiger partial charge in [-0.25, -0.2) is 0 Å². The Kier molecular flexibility index (Phi) is 4.82. The molecule has 0 saturated carbocycles. The molecule has 0 aliphatic carbocycles. The zero-order chi connectivity index (χ0) is 15.2. The van der Waals surface area contributed by atoms with Crippen LogP contribution in [0.2, 0.25) is 0 Å². The summed E-state index contributed by atoms with van der Waals surface area (Å²) in [5, 5.41) is 3.38. The van der Waals surface area contributed by atoms with Crippen molar-refractivity contribution in [1.82, 2.24) is 0 Å². The van der Waals surface area contributed by atoms with Crippen LogP contribution in [0.4, 0.5) is 5.69 Å². The van der Waals surface area contributed by atoms with Gasteiger partial charge in [-0.05, 0) is 55.8 Å². The number of amides is 1. The number of ether oxygens (including phenoxy) is 1. The van der Waals surface area contributed by atoms with Crippen molar-refractivity contribution in [3.63, 3.8) is 0 Å². The number of carbonyl (C=O) groups is 1. The molecule has 4 nitrogen and oxygen atoms in total. The highest BCUT2D eigenvalue weighted by atomic mass is 16.5. The normalized spacial score (nSPS) is 11.7. The topological polar surface area (TPSA) is 64.3 Å². The molecule has 1 unspecified atom stereocenters. The van der Waals surface area contributed by atoms with E-state index in [1.165, 1.54) is 0 Å². The predicted molar refractivity (Wildman–Crippen MR) is 84.6 cm³/mol. The van der Waals surface area contributed by atoms with E-state index < -0.39 is 5.91 Å². The standard InChI is InChI=1S/C17H20N2O2/c1-3-21-16-10-6-13(7-11-16)12(2)19-15-8-4-14(5-9-15)17(18)20/h4-12,19H,3H2,1-2H3,(H2,18,20). The van der Waals surface area contributed by atoms with Crippen molar-refractivity contribution in [1.29, 1.82) is 0 Å². The molecule has 1 atom stereocenters. The van der Waals surface area contributed by atoms with E-state index in [0.717, 1.165) is 17.0 Å². The summed E-state index contributed by atoms with van der Waals surface area (Å²) >= 11 is 0. The molecule has 0 fully saturated rings. The van der Waals surface area contributed by atoms with Crippen molar-refractivity contribution in [3.8, 4) is 5.75 Å². The van der Waals surface area contributed by atoms with Crippen LogP contribution in [0.15, 0.2) is 48.5 Å². The number of benzene rings is 2. The number of primary amides is 1. The Hall–Kier alpha value is -2.49. The number of hydrogen-bond donors (Lipinski definition) is 2. The summed E-state index contributed by atoms with van der Waals surface area (Å²) in [6.07, 6.45) is 0. The molecule has 4 heteroatoms. The lowest BCUT2D eigenvalue weighted by Crippen LogP contribution is -2.11. The van der Waals surface area contributed by atoms with Gasteiger partial charge in [0.05, 0.1) is 6.61 Å². The fourth-order valence-corrected chi connectivity index (χ4v) is 2.08. The molecule has 21 heavy (non-hydrogen) atoms. The maximum absolute atomic E-state index is 11.0. The number of hydrogen-bond acceptors (Lipinski definition) is 3. The average molecular weight is 284 g/mol. The lowest BCUT2D eigenvalue weighted by molar-refractivity contribution is 0.100. The lowest BCUT2D eigenvalue weighted by Gasteiger charge is -2.16. The Balaban J connectivity index is 2.03. The van der Waals surface area contributed by atoms with Gasteiger partial charge in [0.15, 0.2) is 0 Å². The minimum atomic E-state index is -0.416. The van der Waals surface area contributed by atoms with E-state index in [0.29, 0.717) is 12.2 Å². The van der Waals surface area contributed by atoms with Gasteiger partial charge < -0.3 is 15.8 Å². The van der Waals surface area contributed by atoms with Gasteiger partial charge in [0, 0.05) is 17.3 Å². The lowest BCUT2D eigenvalue weighted by atomic mass is 10.1. The second kappa shape index (κ2) is 6.79. The van der Waals surface area contributed by atoms with Crippen molar-refractivity contribution >= 4 is 11.6 Å². The van der Waals surface area contributed by atoms with Gasteiger partial charge in [-0.3, -0.25) is 4.79 Å². The molecule has 0 heterocycles. The van der Waals surface area contributed by atoms with Gasteiger partial charge in [-0.2, -0.15) is 0 Å². The highest BCUT2D eigenvalue weighted by Gasteiger charge is 2.06. The maximum Gasteiger partial charge on any atom is 0.248 e. The minimum Gasteiger partial charge on any atom is -0.494 e. The van der Waals surface area contributed by atoms with Gasteiger partial charge in [0.25, 0.3) is 0 Å². The highest BCUT2D eigenvalue weighted by molar-refractivity contribution is 5.93. The molecule has 0 spiro atoms. The third-order valence-electron chi connectivity index (χ3n) is 3.24. The van der Waals surface area contributed by atoms with Crippen LogP contribution in [0.1, 0.15) is 35.8 Å². The Bertz CT molecular complexity index is 591. The molecule has 0 aliphatic heterocycles. The molecule has 0 radical (unpaired) electrons. The van der Waals surface area contributed by atoms with Crippen LogP contribution in [-0.2, 0) is 0 Å². The molecule has 2 rings (SSSR count). The maximum atomic E-state index is 11.0. The van der Waals surface area contributed by atoms with Crippen LogP contribution in [0.5, 0.6) is 5.75 Å². The fraction of sp³-hybridized carbons (Fsp3) is 0.235. The Morgan fingerprint density at radius 3 is 2.29 bits per heavy atom. The number of nitrogens with one attached hydrogen (secondary N) is 1. The summed E-state index contributed by atoms with van der Waals surface area (Å²) in [7, 11) is 0. The van der Waals surface area contributed by atoms with E-state index >= 15 is 0 Å². The first-order valence-electron chi connectivity index (χ1n) is 6.99. The van der Waals surface area contributed by atoms with Crippen LogP contribution >= 0.6 is 0 Å². The number of rotatable bonds is 6. The van der Waals surface area contributed by atoms with E-state index in [-0.39, 0.29) is 6.04 Å². The third-order valence-corrected chi connectivity index (χ3v) is 3.24. The fourth-order valence-electron chi connectivity index (χ4n) is 2.08. The van der Waals surface area contributed by atoms with E-state index in [1.54, 1.807) is 12.1 Å². The molecule has 110 valence electrons. The van der Waals surface area contributed by atoms with Crippen LogP contribution in [0.25, 0.3) is 0 Å². The van der Waals surface area contributed by atoms with Crippen LogP contribution in [-0.4, -0.2) is 12.5 Å². The monoisotopic (exact) mass is 284 g/mol. The Morgan fingerprint density at radius 2 is 1.76 bits per heavy atom. The molecule has 3 N–H and O–H groups in total. The second-order valence-corrected chi connectivity index (χ2v) is 4.81. The van der Waals surface area contributed by atoms with Crippen molar-refractivity contribution in [2.24, 2.45) is 5.73 Å². The Labute approximate surface area is 124 Å². The molecule has 2 aromatic carbocycles. The summed E-state index contributed by atoms with van der Waals surface area (Å²) in [6, 6.07) is 15.3. The molecular formula is C17H20N2O2. The van der Waals surface area contributed by atoms with Gasteiger partial charge in [-0.1, -0.05) is 12.1 Å². The van der Waals surface area contributed by atoms with Crippen molar-refractivity contribution in [2.75, 3.05) is 11.9 Å². The van der Waals surface area contributed by atoms with Crippen LogP contribution in [0, 0.1) is 0 Å². The van der Waals surface area contributed by atoms with E-state index in [2.05, 4.69) is 12.2 Å². The largest absolute Gasteiger partial charge is 0.494 e. The Morgan fingerprint density at radius 1 is 1.14 bits per heavy atom. The SMILES string of the molecule is CCOc1ccc(C(C)Nc2ccc(C(N)=O)cc2)cc1. The number of carbonyl (C=O) groups excluding carboxylic acids is 1. The zero-order valence-corrected chi connectivity index (χ0v) is 12.3. The van der Waals surface area contributed by atoms with Gasteiger partial charge in [-0.15, -0.1) is 0 Å². The van der Waals surface area contributed by atoms with Crippen molar-refractivity contribution in [2.45, 2.75) is 19.9 Å². The molecular weight excluding hydrogens is 264 g/mol. The molecule has 0 aromatic heterocycles. The smallest absolute Gasteiger partial charge is 0.248 e. The molecule has 0 aliphatic rings. The first-order chi connectivity index (χ1) is 10.1. The highest BCUT2D eigenvalue weighted by Crippen LogP contribution is 2.22. The minimum absolute atomic E-state index is 0.153. The summed E-state index contributed by atoms with van der Waals surface area (Å²) in [5.74, 6) is 0.459. The van der Waals surface area contributed by atoms with Crippen molar-refractivity contribution in [3.05, 3.63) is 59.7 Å². The summed E-state index contributed by atoms with van der Waals surface area (Å²) < 4.78 is 5.43. The van der Waals surface area contributed by atoms with Gasteiger partial charge in [0.2, 0.25) is 5.91 Å². The van der Waals surface area contributed by atoms with Gasteiger partial charge in [0.1, 0.15) is 5.75 Å². The molecule has 1 amide bonds. The number of anilines is 1. The van der Waals surface area contributed by atoms with Crippen LogP contribution < -0.4 is 15.8 Å². The van der Waals surface area contributed by atoms with Gasteiger partial charge >= 0.3 is 0 Å². The summed E-state index contributed by atoms with van der Waals surface area (Å²) in [6.45, 7) is 4.71. The van der Waals surface area contributed by atoms with E-state index in [4.69, 9.17) is 10.5 Å².